The van der Waals surface area contributed by atoms with Crippen LogP contribution >= 0.6 is 0 Å². The third kappa shape index (κ3) is 3.06. The second-order valence-corrected chi connectivity index (χ2v) is 6.21. The number of benzene rings is 3. The van der Waals surface area contributed by atoms with Gasteiger partial charge in [-0.2, -0.15) is 10.2 Å². The molecule has 0 saturated carbocycles. The SMILES string of the molecule is Cc1cccc(N2N=C(c3ccccc3)NN2c2cccc(C)c2)c1. The second kappa shape index (κ2) is 6.32. The fourth-order valence-electron chi connectivity index (χ4n) is 2.89. The molecule has 4 nitrogen and oxygen atoms in total. The molecule has 1 aliphatic rings. The zero-order chi connectivity index (χ0) is 17.2. The van der Waals surface area contributed by atoms with E-state index in [1.54, 1.807) is 0 Å². The number of hydrazine groups is 2. The molecule has 1 N–H and O–H groups in total. The summed E-state index contributed by atoms with van der Waals surface area (Å²) in [7, 11) is 0. The number of anilines is 2. The topological polar surface area (TPSA) is 30.9 Å². The van der Waals surface area contributed by atoms with E-state index in [4.69, 9.17) is 5.10 Å². The first-order valence-corrected chi connectivity index (χ1v) is 8.35. The summed E-state index contributed by atoms with van der Waals surface area (Å²) < 4.78 is 0. The molecule has 4 heteroatoms. The molecule has 0 spiro atoms. The Labute approximate surface area is 148 Å². The van der Waals surface area contributed by atoms with Crippen molar-refractivity contribution in [3.63, 3.8) is 0 Å². The lowest BCUT2D eigenvalue weighted by molar-refractivity contribution is 0.770. The number of hydrazone groups is 1. The van der Waals surface area contributed by atoms with Gasteiger partial charge < -0.3 is 0 Å². The van der Waals surface area contributed by atoms with Gasteiger partial charge in [-0.1, -0.05) is 54.6 Å². The van der Waals surface area contributed by atoms with E-state index in [0.717, 1.165) is 22.8 Å². The predicted octanol–water partition coefficient (Wildman–Crippen LogP) is 4.41. The molecular weight excluding hydrogens is 308 g/mol. The molecule has 0 aliphatic carbocycles. The lowest BCUT2D eigenvalue weighted by Gasteiger charge is -2.28. The van der Waals surface area contributed by atoms with Crippen molar-refractivity contribution < 1.29 is 0 Å². The van der Waals surface area contributed by atoms with Gasteiger partial charge in [-0.25, -0.2) is 0 Å². The number of amidine groups is 1. The third-order valence-corrected chi connectivity index (χ3v) is 4.12. The molecule has 0 saturated heterocycles. The summed E-state index contributed by atoms with van der Waals surface area (Å²) in [5.74, 6) is 0.823. The number of hydrogen-bond acceptors (Lipinski definition) is 4. The molecule has 0 aromatic heterocycles. The molecule has 0 amide bonds. The highest BCUT2D eigenvalue weighted by molar-refractivity contribution is 6.02. The maximum atomic E-state index is 4.82. The highest BCUT2D eigenvalue weighted by Crippen LogP contribution is 2.26. The van der Waals surface area contributed by atoms with Gasteiger partial charge in [0.15, 0.2) is 5.84 Å². The molecule has 1 aliphatic heterocycles. The van der Waals surface area contributed by atoms with Gasteiger partial charge >= 0.3 is 0 Å². The van der Waals surface area contributed by atoms with Gasteiger partial charge in [0.05, 0.1) is 11.4 Å². The van der Waals surface area contributed by atoms with Gasteiger partial charge in [0.1, 0.15) is 0 Å². The first-order chi connectivity index (χ1) is 12.2. The van der Waals surface area contributed by atoms with Gasteiger partial charge in [0.25, 0.3) is 0 Å². The van der Waals surface area contributed by atoms with Crippen molar-refractivity contribution in [1.29, 1.82) is 0 Å². The minimum atomic E-state index is 0.823. The minimum absolute atomic E-state index is 0.823. The molecule has 0 atom stereocenters. The predicted molar refractivity (Wildman–Crippen MR) is 103 cm³/mol. The van der Waals surface area contributed by atoms with E-state index in [0.29, 0.717) is 0 Å². The molecule has 0 bridgehead atoms. The van der Waals surface area contributed by atoms with Gasteiger partial charge in [0, 0.05) is 5.56 Å². The highest BCUT2D eigenvalue weighted by atomic mass is 15.9. The van der Waals surface area contributed by atoms with E-state index >= 15 is 0 Å². The van der Waals surface area contributed by atoms with E-state index in [2.05, 4.69) is 79.9 Å². The monoisotopic (exact) mass is 328 g/mol. The van der Waals surface area contributed by atoms with E-state index in [-0.39, 0.29) is 0 Å². The number of rotatable bonds is 3. The Morgan fingerprint density at radius 3 is 2.04 bits per heavy atom. The smallest absolute Gasteiger partial charge is 0.176 e. The van der Waals surface area contributed by atoms with Crippen molar-refractivity contribution in [2.75, 3.05) is 10.2 Å². The fraction of sp³-hybridized carbons (Fsp3) is 0.0952. The molecule has 1 heterocycles. The number of nitrogens with zero attached hydrogens (tertiary/aromatic N) is 3. The molecule has 3 aromatic carbocycles. The van der Waals surface area contributed by atoms with Crippen LogP contribution in [0.25, 0.3) is 0 Å². The highest BCUT2D eigenvalue weighted by Gasteiger charge is 2.26. The summed E-state index contributed by atoms with van der Waals surface area (Å²) in [5.41, 5.74) is 8.94. The Balaban J connectivity index is 1.78. The number of hydrogen-bond donors (Lipinski definition) is 1. The van der Waals surface area contributed by atoms with Crippen LogP contribution in [0.15, 0.2) is 84.0 Å². The normalized spacial score (nSPS) is 13.6. The summed E-state index contributed by atoms with van der Waals surface area (Å²) in [4.78, 5) is 0. The Morgan fingerprint density at radius 1 is 0.720 bits per heavy atom. The Morgan fingerprint density at radius 2 is 1.36 bits per heavy atom. The van der Waals surface area contributed by atoms with Crippen LogP contribution in [0.3, 0.4) is 0 Å². The molecule has 4 rings (SSSR count). The summed E-state index contributed by atoms with van der Waals surface area (Å²) in [6, 6.07) is 26.9. The molecule has 0 radical (unpaired) electrons. The largest absolute Gasteiger partial charge is 0.259 e. The summed E-state index contributed by atoms with van der Waals surface area (Å²) >= 11 is 0. The zero-order valence-electron chi connectivity index (χ0n) is 14.3. The van der Waals surface area contributed by atoms with Crippen molar-refractivity contribution in [2.45, 2.75) is 13.8 Å². The van der Waals surface area contributed by atoms with Gasteiger partial charge in [-0.15, -0.1) is 5.10 Å². The van der Waals surface area contributed by atoms with Crippen LogP contribution in [0.4, 0.5) is 11.4 Å². The van der Waals surface area contributed by atoms with E-state index < -0.39 is 0 Å². The van der Waals surface area contributed by atoms with Crippen molar-refractivity contribution >= 4 is 17.2 Å². The third-order valence-electron chi connectivity index (χ3n) is 4.12. The first kappa shape index (κ1) is 15.3. The Kier molecular flexibility index (Phi) is 3.86. The first-order valence-electron chi connectivity index (χ1n) is 8.35. The summed E-state index contributed by atoms with van der Waals surface area (Å²) in [6.45, 7) is 4.18. The zero-order valence-corrected chi connectivity index (χ0v) is 14.3. The molecule has 25 heavy (non-hydrogen) atoms. The fourth-order valence-corrected chi connectivity index (χ4v) is 2.89. The maximum Gasteiger partial charge on any atom is 0.176 e. The molecule has 0 fully saturated rings. The number of aryl methyl sites for hydroxylation is 2. The van der Waals surface area contributed by atoms with Crippen LogP contribution < -0.4 is 15.7 Å². The van der Waals surface area contributed by atoms with Crippen LogP contribution in [0.2, 0.25) is 0 Å². The minimum Gasteiger partial charge on any atom is -0.259 e. The van der Waals surface area contributed by atoms with Crippen molar-refractivity contribution in [3.8, 4) is 0 Å². The summed E-state index contributed by atoms with van der Waals surface area (Å²) in [5, 5.41) is 8.71. The van der Waals surface area contributed by atoms with Crippen molar-refractivity contribution in [2.24, 2.45) is 5.10 Å². The maximum absolute atomic E-state index is 4.82. The quantitative estimate of drug-likeness (QED) is 0.772. The average Bonchev–Trinajstić information content (AvgIpc) is 3.08. The van der Waals surface area contributed by atoms with Crippen molar-refractivity contribution in [3.05, 3.63) is 95.6 Å². The van der Waals surface area contributed by atoms with Crippen LogP contribution in [-0.4, -0.2) is 5.84 Å². The molecule has 0 unspecified atom stereocenters. The average molecular weight is 328 g/mol. The van der Waals surface area contributed by atoms with E-state index in [9.17, 15) is 0 Å². The lowest BCUT2D eigenvalue weighted by atomic mass is 10.2. The van der Waals surface area contributed by atoms with Crippen LogP contribution in [0.5, 0.6) is 0 Å². The molecular formula is C21H20N4. The van der Waals surface area contributed by atoms with Crippen LogP contribution in [0.1, 0.15) is 16.7 Å². The van der Waals surface area contributed by atoms with Gasteiger partial charge in [-0.3, -0.25) is 5.43 Å². The molecule has 124 valence electrons. The summed E-state index contributed by atoms with van der Waals surface area (Å²) in [6.07, 6.45) is 0. The van der Waals surface area contributed by atoms with E-state index in [1.165, 1.54) is 11.1 Å². The van der Waals surface area contributed by atoms with Gasteiger partial charge in [-0.05, 0) is 49.2 Å². The molecule has 3 aromatic rings. The van der Waals surface area contributed by atoms with Crippen LogP contribution in [0, 0.1) is 13.8 Å². The number of nitrogens with one attached hydrogen (secondary N) is 1. The van der Waals surface area contributed by atoms with Crippen LogP contribution in [-0.2, 0) is 0 Å². The Bertz CT molecular complexity index is 918. The lowest BCUT2D eigenvalue weighted by Crippen LogP contribution is -2.44. The van der Waals surface area contributed by atoms with E-state index in [1.807, 2.05) is 28.4 Å². The van der Waals surface area contributed by atoms with Crippen molar-refractivity contribution in [1.82, 2.24) is 5.43 Å². The second-order valence-electron chi connectivity index (χ2n) is 6.21. The standard InChI is InChI=1S/C21H20N4/c1-16-8-6-12-19(14-16)24-22-21(18-10-4-3-5-11-18)23-25(24)20-13-7-9-17(2)15-20/h3-15H,1-2H3,(H,22,23). The van der Waals surface area contributed by atoms with Gasteiger partial charge in [0.2, 0.25) is 0 Å². The Hall–Kier alpha value is -3.27.